The summed E-state index contributed by atoms with van der Waals surface area (Å²) in [4.78, 5) is 1.98. The van der Waals surface area contributed by atoms with Gasteiger partial charge in [0.05, 0.1) is 30.6 Å². The molecule has 4 atom stereocenters. The number of aliphatic hydroxyl groups is 3. The number of hydrogen-bond acceptors (Lipinski definition) is 5. The third-order valence-corrected chi connectivity index (χ3v) is 4.04. The molecular formula is C13H23N3O3. The van der Waals surface area contributed by atoms with Gasteiger partial charge in [0.15, 0.2) is 0 Å². The van der Waals surface area contributed by atoms with E-state index in [2.05, 4.69) is 5.10 Å². The van der Waals surface area contributed by atoms with Crippen molar-refractivity contribution in [3.05, 3.63) is 18.0 Å². The van der Waals surface area contributed by atoms with Gasteiger partial charge in [0.2, 0.25) is 0 Å². The van der Waals surface area contributed by atoms with E-state index in [-0.39, 0.29) is 18.6 Å². The highest BCUT2D eigenvalue weighted by Crippen LogP contribution is 2.31. The van der Waals surface area contributed by atoms with Gasteiger partial charge in [0.25, 0.3) is 0 Å². The molecule has 0 amide bonds. The number of aromatic nitrogens is 2. The van der Waals surface area contributed by atoms with Gasteiger partial charge in [-0.25, -0.2) is 0 Å². The molecule has 0 aliphatic carbocycles. The number of aliphatic hydroxyl groups excluding tert-OH is 3. The van der Waals surface area contributed by atoms with Crippen molar-refractivity contribution >= 4 is 0 Å². The van der Waals surface area contributed by atoms with Crippen molar-refractivity contribution in [2.24, 2.45) is 13.0 Å². The lowest BCUT2D eigenvalue weighted by Gasteiger charge is -2.31. The molecule has 0 bridgehead atoms. The lowest BCUT2D eigenvalue weighted by Crippen LogP contribution is -2.43. The lowest BCUT2D eigenvalue weighted by atomic mass is 9.98. The molecule has 1 aromatic rings. The Balaban J connectivity index is 2.25. The van der Waals surface area contributed by atoms with E-state index in [4.69, 9.17) is 0 Å². The molecule has 19 heavy (non-hydrogen) atoms. The molecule has 0 radical (unpaired) electrons. The minimum absolute atomic E-state index is 0.165. The first-order valence-corrected chi connectivity index (χ1v) is 6.67. The molecule has 1 aliphatic rings. The Labute approximate surface area is 113 Å². The Kier molecular flexibility index (Phi) is 4.25. The first-order valence-electron chi connectivity index (χ1n) is 6.67. The fraction of sp³-hybridized carbons (Fsp3) is 0.769. The molecule has 108 valence electrons. The second-order valence-electron chi connectivity index (χ2n) is 5.58. The quantitative estimate of drug-likeness (QED) is 0.676. The predicted octanol–water partition coefficient (Wildman–Crippen LogP) is -0.657. The molecule has 0 aromatic carbocycles. The predicted molar refractivity (Wildman–Crippen MR) is 70.3 cm³/mol. The largest absolute Gasteiger partial charge is 0.395 e. The van der Waals surface area contributed by atoms with Crippen LogP contribution in [0.25, 0.3) is 0 Å². The van der Waals surface area contributed by atoms with Gasteiger partial charge in [-0.2, -0.15) is 5.10 Å². The molecule has 6 nitrogen and oxygen atoms in total. The van der Waals surface area contributed by atoms with Gasteiger partial charge in [0.1, 0.15) is 0 Å². The van der Waals surface area contributed by atoms with Crippen LogP contribution in [-0.4, -0.2) is 60.9 Å². The zero-order valence-corrected chi connectivity index (χ0v) is 11.6. The molecule has 2 heterocycles. The first kappa shape index (κ1) is 14.5. The Hall–Kier alpha value is -0.950. The monoisotopic (exact) mass is 269 g/mol. The Morgan fingerprint density at radius 1 is 1.32 bits per heavy atom. The van der Waals surface area contributed by atoms with E-state index < -0.39 is 18.2 Å². The van der Waals surface area contributed by atoms with E-state index in [0.717, 1.165) is 5.69 Å². The zero-order chi connectivity index (χ0) is 14.2. The molecule has 2 rings (SSSR count). The van der Waals surface area contributed by atoms with Crippen molar-refractivity contribution < 1.29 is 15.3 Å². The number of nitrogens with zero attached hydrogens (tertiary/aromatic N) is 3. The standard InChI is InChI=1S/C13H23N3O3/c1-8(2)11-13(19)12(18)10(7-17)16(11)6-9-4-5-14-15(9)3/h4-5,8,10-13,17-19H,6-7H2,1-3H3/t10-,11+,12-,13+/m1/s1. The fourth-order valence-electron chi connectivity index (χ4n) is 3.00. The van der Waals surface area contributed by atoms with E-state index >= 15 is 0 Å². The minimum atomic E-state index is -0.911. The van der Waals surface area contributed by atoms with Crippen molar-refractivity contribution in [3.8, 4) is 0 Å². The molecule has 0 unspecified atom stereocenters. The van der Waals surface area contributed by atoms with Crippen LogP contribution in [-0.2, 0) is 13.6 Å². The van der Waals surface area contributed by atoms with E-state index in [1.165, 1.54) is 0 Å². The van der Waals surface area contributed by atoms with E-state index in [1.807, 2.05) is 31.9 Å². The summed E-state index contributed by atoms with van der Waals surface area (Å²) >= 11 is 0. The van der Waals surface area contributed by atoms with Gasteiger partial charge in [-0.3, -0.25) is 9.58 Å². The summed E-state index contributed by atoms with van der Waals surface area (Å²) in [5, 5.41) is 33.9. The highest BCUT2D eigenvalue weighted by atomic mass is 16.3. The minimum Gasteiger partial charge on any atom is -0.395 e. The lowest BCUT2D eigenvalue weighted by molar-refractivity contribution is 0.0145. The summed E-state index contributed by atoms with van der Waals surface area (Å²) in [5.41, 5.74) is 0.991. The summed E-state index contributed by atoms with van der Waals surface area (Å²) in [5.74, 6) is 0.189. The van der Waals surface area contributed by atoms with E-state index in [9.17, 15) is 15.3 Å². The number of hydrogen-bond donors (Lipinski definition) is 3. The van der Waals surface area contributed by atoms with Crippen LogP contribution in [0.1, 0.15) is 19.5 Å². The van der Waals surface area contributed by atoms with Crippen LogP contribution < -0.4 is 0 Å². The number of aryl methyl sites for hydroxylation is 1. The summed E-state index contributed by atoms with van der Waals surface area (Å²) in [6.45, 7) is 4.41. The highest BCUT2D eigenvalue weighted by molar-refractivity contribution is 5.07. The van der Waals surface area contributed by atoms with Crippen molar-refractivity contribution in [1.82, 2.24) is 14.7 Å². The zero-order valence-electron chi connectivity index (χ0n) is 11.6. The van der Waals surface area contributed by atoms with Crippen LogP contribution in [0.5, 0.6) is 0 Å². The van der Waals surface area contributed by atoms with Gasteiger partial charge < -0.3 is 15.3 Å². The molecule has 0 spiro atoms. The summed E-state index contributed by atoms with van der Waals surface area (Å²) in [6, 6.07) is 1.31. The first-order chi connectivity index (χ1) is 8.97. The molecule has 0 saturated carbocycles. The van der Waals surface area contributed by atoms with Gasteiger partial charge in [0, 0.05) is 25.8 Å². The highest BCUT2D eigenvalue weighted by Gasteiger charge is 2.48. The van der Waals surface area contributed by atoms with Crippen LogP contribution in [0.15, 0.2) is 12.3 Å². The van der Waals surface area contributed by atoms with Crippen LogP contribution in [0.4, 0.5) is 0 Å². The average Bonchev–Trinajstić information content (AvgIpc) is 2.84. The second kappa shape index (κ2) is 5.58. The van der Waals surface area contributed by atoms with Crippen molar-refractivity contribution in [2.75, 3.05) is 6.61 Å². The van der Waals surface area contributed by atoms with E-state index in [1.54, 1.807) is 10.9 Å². The maximum absolute atomic E-state index is 10.2. The summed E-state index contributed by atoms with van der Waals surface area (Å²) in [6.07, 6.45) is -0.0210. The van der Waals surface area contributed by atoms with Crippen LogP contribution in [0.3, 0.4) is 0 Å². The average molecular weight is 269 g/mol. The molecule has 1 aliphatic heterocycles. The fourth-order valence-corrected chi connectivity index (χ4v) is 3.00. The smallest absolute Gasteiger partial charge is 0.0991 e. The van der Waals surface area contributed by atoms with Gasteiger partial charge in [-0.1, -0.05) is 13.8 Å². The van der Waals surface area contributed by atoms with Crippen molar-refractivity contribution in [3.63, 3.8) is 0 Å². The Bertz CT molecular complexity index is 421. The Morgan fingerprint density at radius 2 is 2.00 bits per heavy atom. The normalized spacial score (nSPS) is 32.4. The number of likely N-dealkylation sites (tertiary alicyclic amines) is 1. The van der Waals surface area contributed by atoms with Gasteiger partial charge >= 0.3 is 0 Å². The second-order valence-corrected chi connectivity index (χ2v) is 5.58. The molecular weight excluding hydrogens is 246 g/mol. The summed E-state index contributed by atoms with van der Waals surface area (Å²) in [7, 11) is 1.86. The molecule has 3 N–H and O–H groups in total. The maximum Gasteiger partial charge on any atom is 0.0991 e. The van der Waals surface area contributed by atoms with Gasteiger partial charge in [-0.05, 0) is 12.0 Å². The third-order valence-electron chi connectivity index (χ3n) is 4.04. The van der Waals surface area contributed by atoms with Crippen molar-refractivity contribution in [2.45, 2.75) is 44.7 Å². The number of rotatable bonds is 4. The van der Waals surface area contributed by atoms with Crippen LogP contribution >= 0.6 is 0 Å². The molecule has 1 saturated heterocycles. The van der Waals surface area contributed by atoms with Crippen LogP contribution in [0.2, 0.25) is 0 Å². The van der Waals surface area contributed by atoms with Crippen molar-refractivity contribution in [1.29, 1.82) is 0 Å². The molecule has 1 fully saturated rings. The van der Waals surface area contributed by atoms with Gasteiger partial charge in [-0.15, -0.1) is 0 Å². The topological polar surface area (TPSA) is 81.8 Å². The third kappa shape index (κ3) is 2.53. The van der Waals surface area contributed by atoms with E-state index in [0.29, 0.717) is 6.54 Å². The SMILES string of the molecule is CC(C)[C@H]1[C@H](O)[C@H](O)[C@@H](CO)N1Cc1ccnn1C. The Morgan fingerprint density at radius 3 is 2.47 bits per heavy atom. The molecule has 6 heteroatoms. The van der Waals surface area contributed by atoms with Crippen LogP contribution in [0, 0.1) is 5.92 Å². The summed E-state index contributed by atoms with van der Waals surface area (Å²) < 4.78 is 1.77. The molecule has 1 aromatic heterocycles. The maximum atomic E-state index is 10.2.